The average molecular weight is 354 g/mol. The van der Waals surface area contributed by atoms with Crippen LogP contribution in [-0.2, 0) is 0 Å². The first-order chi connectivity index (χ1) is 9.72. The third-order valence-electron chi connectivity index (χ3n) is 3.30. The summed E-state index contributed by atoms with van der Waals surface area (Å²) < 4.78 is 6.62. The summed E-state index contributed by atoms with van der Waals surface area (Å²) in [6.07, 6.45) is 4.19. The maximum absolute atomic E-state index is 6.30. The van der Waals surface area contributed by atoms with Crippen LogP contribution in [0.2, 0.25) is 5.02 Å². The largest absolute Gasteiger partial charge is 0.437 e. The number of halogens is 2. The van der Waals surface area contributed by atoms with Crippen molar-refractivity contribution in [2.75, 3.05) is 18.0 Å². The molecule has 0 aliphatic carbocycles. The fourth-order valence-electron chi connectivity index (χ4n) is 2.28. The number of benzene rings is 1. The van der Waals surface area contributed by atoms with E-state index in [9.17, 15) is 0 Å². The number of rotatable bonds is 3. The Morgan fingerprint density at radius 3 is 2.60 bits per heavy atom. The van der Waals surface area contributed by atoms with E-state index in [4.69, 9.17) is 16.3 Å². The SMILES string of the molecule is Clc1cc(N2CCCC2)ccc1Oc1ccc(Br)cn1. The van der Waals surface area contributed by atoms with Gasteiger partial charge in [0.05, 0.1) is 5.02 Å². The molecule has 0 atom stereocenters. The maximum Gasteiger partial charge on any atom is 0.219 e. The zero-order chi connectivity index (χ0) is 13.9. The van der Waals surface area contributed by atoms with Crippen LogP contribution in [0.25, 0.3) is 0 Å². The number of nitrogens with zero attached hydrogens (tertiary/aromatic N) is 2. The normalized spacial score (nSPS) is 14.6. The standard InChI is InChI=1S/C15H14BrClN2O/c16-11-3-6-15(18-10-11)20-14-5-4-12(9-13(14)17)19-7-1-2-8-19/h3-6,9-10H,1-2,7-8H2. The van der Waals surface area contributed by atoms with Crippen LogP contribution >= 0.6 is 27.5 Å². The van der Waals surface area contributed by atoms with Gasteiger partial charge in [-0.15, -0.1) is 0 Å². The van der Waals surface area contributed by atoms with Gasteiger partial charge in [-0.25, -0.2) is 4.98 Å². The summed E-state index contributed by atoms with van der Waals surface area (Å²) in [4.78, 5) is 6.52. The van der Waals surface area contributed by atoms with Crippen LogP contribution in [0.4, 0.5) is 5.69 Å². The Morgan fingerprint density at radius 1 is 1.15 bits per heavy atom. The molecule has 0 amide bonds. The minimum absolute atomic E-state index is 0.532. The number of hydrogen-bond acceptors (Lipinski definition) is 3. The minimum Gasteiger partial charge on any atom is -0.437 e. The average Bonchev–Trinajstić information content (AvgIpc) is 2.97. The molecule has 0 N–H and O–H groups in total. The summed E-state index contributed by atoms with van der Waals surface area (Å²) in [5.74, 6) is 1.16. The monoisotopic (exact) mass is 352 g/mol. The Hall–Kier alpha value is -1.26. The summed E-state index contributed by atoms with van der Waals surface area (Å²) in [5, 5.41) is 0.610. The predicted molar refractivity (Wildman–Crippen MR) is 84.9 cm³/mol. The van der Waals surface area contributed by atoms with Crippen molar-refractivity contribution in [1.82, 2.24) is 4.98 Å². The van der Waals surface area contributed by atoms with Crippen LogP contribution in [0.5, 0.6) is 11.6 Å². The van der Waals surface area contributed by atoms with Gasteiger partial charge in [0.15, 0.2) is 0 Å². The third kappa shape index (κ3) is 3.07. The molecule has 2 heterocycles. The molecule has 3 rings (SSSR count). The van der Waals surface area contributed by atoms with Crippen molar-refractivity contribution in [1.29, 1.82) is 0 Å². The van der Waals surface area contributed by atoms with E-state index in [0.29, 0.717) is 16.7 Å². The van der Waals surface area contributed by atoms with E-state index >= 15 is 0 Å². The molecule has 0 radical (unpaired) electrons. The van der Waals surface area contributed by atoms with E-state index in [0.717, 1.165) is 23.2 Å². The fraction of sp³-hybridized carbons (Fsp3) is 0.267. The molecule has 1 aliphatic heterocycles. The molecule has 0 spiro atoms. The van der Waals surface area contributed by atoms with Gasteiger partial charge in [0.25, 0.3) is 0 Å². The Morgan fingerprint density at radius 2 is 1.95 bits per heavy atom. The number of ether oxygens (including phenoxy) is 1. The molecule has 1 saturated heterocycles. The van der Waals surface area contributed by atoms with Crippen LogP contribution in [0.3, 0.4) is 0 Å². The summed E-state index contributed by atoms with van der Waals surface area (Å²) >= 11 is 9.64. The van der Waals surface area contributed by atoms with Gasteiger partial charge >= 0.3 is 0 Å². The molecule has 2 aromatic rings. The summed E-state index contributed by atoms with van der Waals surface area (Å²) in [6, 6.07) is 9.59. The summed E-state index contributed by atoms with van der Waals surface area (Å²) in [6.45, 7) is 2.20. The number of aromatic nitrogens is 1. The van der Waals surface area contributed by atoms with Gasteiger partial charge in [-0.05, 0) is 53.0 Å². The van der Waals surface area contributed by atoms with E-state index < -0.39 is 0 Å². The van der Waals surface area contributed by atoms with E-state index in [1.165, 1.54) is 12.8 Å². The molecule has 20 heavy (non-hydrogen) atoms. The summed E-state index contributed by atoms with van der Waals surface area (Å²) in [7, 11) is 0. The van der Waals surface area contributed by atoms with Gasteiger partial charge in [-0.2, -0.15) is 0 Å². The van der Waals surface area contributed by atoms with Crippen molar-refractivity contribution >= 4 is 33.2 Å². The third-order valence-corrected chi connectivity index (χ3v) is 4.07. The van der Waals surface area contributed by atoms with Gasteiger partial charge < -0.3 is 9.64 Å². The Bertz CT molecular complexity index is 597. The van der Waals surface area contributed by atoms with Crippen molar-refractivity contribution in [3.63, 3.8) is 0 Å². The predicted octanol–water partition coefficient (Wildman–Crippen LogP) is 4.89. The number of pyridine rings is 1. The van der Waals surface area contributed by atoms with Crippen molar-refractivity contribution < 1.29 is 4.74 Å². The van der Waals surface area contributed by atoms with Crippen LogP contribution < -0.4 is 9.64 Å². The van der Waals surface area contributed by atoms with E-state index in [-0.39, 0.29) is 0 Å². The fourth-order valence-corrected chi connectivity index (χ4v) is 2.73. The first-order valence-corrected chi connectivity index (χ1v) is 7.73. The van der Waals surface area contributed by atoms with Gasteiger partial charge in [-0.1, -0.05) is 11.6 Å². The van der Waals surface area contributed by atoms with Crippen LogP contribution in [0.1, 0.15) is 12.8 Å². The molecular weight excluding hydrogens is 340 g/mol. The smallest absolute Gasteiger partial charge is 0.219 e. The lowest BCUT2D eigenvalue weighted by atomic mass is 10.3. The zero-order valence-electron chi connectivity index (χ0n) is 10.9. The molecule has 104 valence electrons. The zero-order valence-corrected chi connectivity index (χ0v) is 13.2. The van der Waals surface area contributed by atoms with Crippen LogP contribution in [0, 0.1) is 0 Å². The van der Waals surface area contributed by atoms with Crippen LogP contribution in [0.15, 0.2) is 41.0 Å². The topological polar surface area (TPSA) is 25.4 Å². The van der Waals surface area contributed by atoms with E-state index in [2.05, 4.69) is 25.8 Å². The molecule has 1 fully saturated rings. The van der Waals surface area contributed by atoms with Crippen molar-refractivity contribution in [2.24, 2.45) is 0 Å². The van der Waals surface area contributed by atoms with Gasteiger partial charge in [0.1, 0.15) is 5.75 Å². The lowest BCUT2D eigenvalue weighted by Gasteiger charge is -2.18. The van der Waals surface area contributed by atoms with Gasteiger partial charge in [0, 0.05) is 35.5 Å². The van der Waals surface area contributed by atoms with Crippen LogP contribution in [-0.4, -0.2) is 18.1 Å². The molecule has 0 unspecified atom stereocenters. The van der Waals surface area contributed by atoms with E-state index in [1.807, 2.05) is 24.3 Å². The second-order valence-corrected chi connectivity index (χ2v) is 6.05. The van der Waals surface area contributed by atoms with Gasteiger partial charge in [-0.3, -0.25) is 0 Å². The van der Waals surface area contributed by atoms with Crippen molar-refractivity contribution in [3.8, 4) is 11.6 Å². The molecule has 5 heteroatoms. The quantitative estimate of drug-likeness (QED) is 0.785. The highest BCUT2D eigenvalue weighted by atomic mass is 79.9. The Labute approximate surface area is 131 Å². The van der Waals surface area contributed by atoms with E-state index in [1.54, 1.807) is 12.3 Å². The van der Waals surface area contributed by atoms with Crippen molar-refractivity contribution in [2.45, 2.75) is 12.8 Å². The lowest BCUT2D eigenvalue weighted by molar-refractivity contribution is 0.463. The molecule has 0 saturated carbocycles. The highest BCUT2D eigenvalue weighted by Crippen LogP contribution is 2.33. The number of anilines is 1. The molecule has 1 aromatic heterocycles. The molecule has 1 aliphatic rings. The second-order valence-electron chi connectivity index (χ2n) is 4.73. The first-order valence-electron chi connectivity index (χ1n) is 6.56. The molecule has 1 aromatic carbocycles. The lowest BCUT2D eigenvalue weighted by Crippen LogP contribution is -2.17. The minimum atomic E-state index is 0.532. The van der Waals surface area contributed by atoms with Crippen molar-refractivity contribution in [3.05, 3.63) is 46.0 Å². The summed E-state index contributed by atoms with van der Waals surface area (Å²) in [5.41, 5.74) is 1.16. The van der Waals surface area contributed by atoms with Gasteiger partial charge in [0.2, 0.25) is 5.88 Å². The molecule has 0 bridgehead atoms. The molecule has 3 nitrogen and oxygen atoms in total. The Balaban J connectivity index is 1.78. The highest BCUT2D eigenvalue weighted by Gasteiger charge is 2.14. The Kier molecular flexibility index (Phi) is 4.13. The highest BCUT2D eigenvalue weighted by molar-refractivity contribution is 9.10. The first kappa shape index (κ1) is 13.7. The second kappa shape index (κ2) is 6.02. The maximum atomic E-state index is 6.30. The number of hydrogen-bond donors (Lipinski definition) is 0. The molecular formula is C15H14BrClN2O.